The monoisotopic (exact) mass is 266 g/mol. The van der Waals surface area contributed by atoms with Gasteiger partial charge in [0.1, 0.15) is 17.5 Å². The van der Waals surface area contributed by atoms with E-state index >= 15 is 0 Å². The highest BCUT2D eigenvalue weighted by atomic mass is 16.1. The van der Waals surface area contributed by atoms with Gasteiger partial charge in [-0.2, -0.15) is 0 Å². The van der Waals surface area contributed by atoms with Gasteiger partial charge >= 0.3 is 0 Å². The third-order valence-corrected chi connectivity index (χ3v) is 2.29. The number of carbonyl (C=O) groups excluding carboxylic acids is 1. The highest BCUT2D eigenvalue weighted by Crippen LogP contribution is 2.16. The maximum Gasteiger partial charge on any atom is 0.239 e. The van der Waals surface area contributed by atoms with Crippen LogP contribution in [0.1, 0.15) is 39.4 Å². The average Bonchev–Trinajstić information content (AvgIpc) is 2.35. The van der Waals surface area contributed by atoms with Crippen LogP contribution in [0, 0.1) is 0 Å². The lowest BCUT2D eigenvalue weighted by Crippen LogP contribution is -2.35. The molecule has 0 aliphatic carbocycles. The van der Waals surface area contributed by atoms with E-state index in [-0.39, 0.29) is 24.4 Å². The van der Waals surface area contributed by atoms with Gasteiger partial charge in [-0.25, -0.2) is 15.8 Å². The van der Waals surface area contributed by atoms with Gasteiger partial charge in [-0.15, -0.1) is 0 Å². The fourth-order valence-corrected chi connectivity index (χ4v) is 1.43. The largest absolute Gasteiger partial charge is 0.361 e. The lowest BCUT2D eigenvalue weighted by atomic mass is 10.2. The number of nitrogen functional groups attached to an aromatic ring is 1. The van der Waals surface area contributed by atoms with E-state index in [1.165, 1.54) is 0 Å². The maximum absolute atomic E-state index is 11.5. The van der Waals surface area contributed by atoms with Crippen LogP contribution in [0.25, 0.3) is 0 Å². The molecule has 7 nitrogen and oxygen atoms in total. The smallest absolute Gasteiger partial charge is 0.239 e. The number of hydrazine groups is 1. The van der Waals surface area contributed by atoms with E-state index in [0.717, 1.165) is 0 Å². The molecule has 0 spiro atoms. The molecule has 0 bridgehead atoms. The molecule has 106 valence electrons. The highest BCUT2D eigenvalue weighted by molar-refractivity contribution is 5.80. The van der Waals surface area contributed by atoms with Crippen LogP contribution in [0.15, 0.2) is 6.07 Å². The van der Waals surface area contributed by atoms with Gasteiger partial charge in [0, 0.05) is 18.0 Å². The molecule has 0 unspecified atom stereocenters. The Balaban J connectivity index is 2.72. The van der Waals surface area contributed by atoms with Crippen molar-refractivity contribution < 1.29 is 4.79 Å². The zero-order valence-corrected chi connectivity index (χ0v) is 11.8. The molecular formula is C12H22N6O. The molecule has 1 heterocycles. The molecule has 0 saturated heterocycles. The molecule has 19 heavy (non-hydrogen) atoms. The zero-order valence-electron chi connectivity index (χ0n) is 11.8. The Kier molecular flexibility index (Phi) is 5.50. The van der Waals surface area contributed by atoms with Gasteiger partial charge in [0.25, 0.3) is 0 Å². The molecular weight excluding hydrogens is 244 g/mol. The van der Waals surface area contributed by atoms with Crippen molar-refractivity contribution in [3.63, 3.8) is 0 Å². The minimum Gasteiger partial charge on any atom is -0.361 e. The third-order valence-electron chi connectivity index (χ3n) is 2.29. The van der Waals surface area contributed by atoms with E-state index in [1.54, 1.807) is 6.07 Å². The van der Waals surface area contributed by atoms with Crippen LogP contribution in [0.5, 0.6) is 0 Å². The van der Waals surface area contributed by atoms with Gasteiger partial charge in [0.2, 0.25) is 5.91 Å². The molecule has 0 aliphatic rings. The Labute approximate surface area is 113 Å². The summed E-state index contributed by atoms with van der Waals surface area (Å²) in [6.45, 7) is 7.97. The summed E-state index contributed by atoms with van der Waals surface area (Å²) in [5, 5.41) is 5.75. The average molecular weight is 266 g/mol. The quantitative estimate of drug-likeness (QED) is 0.449. The molecule has 0 aromatic carbocycles. The summed E-state index contributed by atoms with van der Waals surface area (Å²) in [5.41, 5.74) is 2.49. The second-order valence-electron chi connectivity index (χ2n) is 4.87. The normalized spacial score (nSPS) is 10.7. The van der Waals surface area contributed by atoms with E-state index < -0.39 is 0 Å². The molecule has 1 aromatic rings. The highest BCUT2D eigenvalue weighted by Gasteiger charge is 2.09. The van der Waals surface area contributed by atoms with Crippen LogP contribution in [0.4, 0.5) is 11.6 Å². The first-order valence-corrected chi connectivity index (χ1v) is 6.31. The molecule has 5 N–H and O–H groups in total. The number of hydrogen-bond donors (Lipinski definition) is 4. The van der Waals surface area contributed by atoms with Crippen molar-refractivity contribution in [2.45, 2.75) is 39.7 Å². The van der Waals surface area contributed by atoms with Crippen LogP contribution in [-0.4, -0.2) is 28.5 Å². The molecule has 0 radical (unpaired) electrons. The molecule has 0 fully saturated rings. The number of hydrogen-bond acceptors (Lipinski definition) is 6. The second kappa shape index (κ2) is 6.89. The Hall–Kier alpha value is -1.89. The topological polar surface area (TPSA) is 105 Å². The first-order chi connectivity index (χ1) is 8.92. The molecule has 1 rings (SSSR count). The summed E-state index contributed by atoms with van der Waals surface area (Å²) in [6, 6.07) is 1.78. The lowest BCUT2D eigenvalue weighted by Gasteiger charge is -2.12. The maximum atomic E-state index is 11.5. The van der Waals surface area contributed by atoms with E-state index in [1.807, 2.05) is 27.7 Å². The molecule has 0 aliphatic heterocycles. The van der Waals surface area contributed by atoms with Crippen LogP contribution >= 0.6 is 0 Å². The van der Waals surface area contributed by atoms with Gasteiger partial charge in [-0.3, -0.25) is 4.79 Å². The molecule has 7 heteroatoms. The van der Waals surface area contributed by atoms with E-state index in [9.17, 15) is 4.79 Å². The van der Waals surface area contributed by atoms with Gasteiger partial charge < -0.3 is 16.1 Å². The van der Waals surface area contributed by atoms with Crippen molar-refractivity contribution in [1.82, 2.24) is 15.3 Å². The number of nitrogens with one attached hydrogen (secondary N) is 3. The summed E-state index contributed by atoms with van der Waals surface area (Å²) in [7, 11) is 0. The summed E-state index contributed by atoms with van der Waals surface area (Å²) >= 11 is 0. The minimum absolute atomic E-state index is 0.0815. The van der Waals surface area contributed by atoms with Crippen molar-refractivity contribution in [3.8, 4) is 0 Å². The summed E-state index contributed by atoms with van der Waals surface area (Å²) in [6.07, 6.45) is 0. The molecule has 1 amide bonds. The van der Waals surface area contributed by atoms with Crippen LogP contribution in [0.2, 0.25) is 0 Å². The Morgan fingerprint density at radius 2 is 1.89 bits per heavy atom. The molecule has 0 atom stereocenters. The number of nitrogens with two attached hydrogens (primary N) is 1. The number of aromatic nitrogens is 2. The predicted molar refractivity (Wildman–Crippen MR) is 75.7 cm³/mol. The van der Waals surface area contributed by atoms with Crippen LogP contribution < -0.4 is 21.9 Å². The fraction of sp³-hybridized carbons (Fsp3) is 0.583. The van der Waals surface area contributed by atoms with Crippen molar-refractivity contribution in [3.05, 3.63) is 11.9 Å². The summed E-state index contributed by atoms with van der Waals surface area (Å²) < 4.78 is 0. The van der Waals surface area contributed by atoms with Gasteiger partial charge in [0.15, 0.2) is 0 Å². The van der Waals surface area contributed by atoms with Gasteiger partial charge in [-0.1, -0.05) is 13.8 Å². The third kappa shape index (κ3) is 5.09. The number of anilines is 2. The SMILES string of the molecule is CC(C)NC(=O)CNc1cc(NN)nc(C(C)C)n1. The fourth-order valence-electron chi connectivity index (χ4n) is 1.43. The van der Waals surface area contributed by atoms with E-state index in [4.69, 9.17) is 5.84 Å². The predicted octanol–water partition coefficient (Wildman–Crippen LogP) is 0.822. The Morgan fingerprint density at radius 1 is 1.26 bits per heavy atom. The van der Waals surface area contributed by atoms with Crippen LogP contribution in [-0.2, 0) is 4.79 Å². The Morgan fingerprint density at radius 3 is 2.42 bits per heavy atom. The first kappa shape index (κ1) is 15.2. The standard InChI is InChI=1S/C12H22N6O/c1-7(2)12-16-9(5-10(17-12)18-13)14-6-11(19)15-8(3)4/h5,7-8H,6,13H2,1-4H3,(H,15,19)(H2,14,16,17,18). The zero-order chi connectivity index (χ0) is 14.4. The van der Waals surface area contributed by atoms with Gasteiger partial charge in [-0.05, 0) is 13.8 Å². The van der Waals surface area contributed by atoms with Crippen molar-refractivity contribution in [2.24, 2.45) is 5.84 Å². The van der Waals surface area contributed by atoms with Gasteiger partial charge in [0.05, 0.1) is 6.54 Å². The van der Waals surface area contributed by atoms with Crippen molar-refractivity contribution >= 4 is 17.5 Å². The summed E-state index contributed by atoms with van der Waals surface area (Å²) in [4.78, 5) is 20.1. The number of amides is 1. The van der Waals surface area contributed by atoms with Crippen LogP contribution in [0.3, 0.4) is 0 Å². The lowest BCUT2D eigenvalue weighted by molar-refractivity contribution is -0.119. The number of nitrogens with zero attached hydrogens (tertiary/aromatic N) is 2. The van der Waals surface area contributed by atoms with E-state index in [2.05, 4.69) is 26.0 Å². The Bertz CT molecular complexity index is 432. The second-order valence-corrected chi connectivity index (χ2v) is 4.87. The van der Waals surface area contributed by atoms with Crippen molar-refractivity contribution in [2.75, 3.05) is 17.3 Å². The summed E-state index contributed by atoms with van der Waals surface area (Å²) in [5.74, 6) is 7.22. The molecule has 0 saturated carbocycles. The first-order valence-electron chi connectivity index (χ1n) is 6.31. The number of carbonyl (C=O) groups is 1. The minimum atomic E-state index is -0.0815. The molecule has 1 aromatic heterocycles. The van der Waals surface area contributed by atoms with E-state index in [0.29, 0.717) is 17.5 Å². The number of rotatable bonds is 6. The van der Waals surface area contributed by atoms with Crippen molar-refractivity contribution in [1.29, 1.82) is 0 Å².